The molecule has 0 aliphatic carbocycles. The third-order valence-electron chi connectivity index (χ3n) is 4.40. The summed E-state index contributed by atoms with van der Waals surface area (Å²) in [6.07, 6.45) is 3.85. The summed E-state index contributed by atoms with van der Waals surface area (Å²) in [5, 5.41) is 14.9. The largest absolute Gasteiger partial charge is 0.394 e. The number of thioether (sulfide) groups is 1. The Morgan fingerprint density at radius 1 is 1.27 bits per heavy atom. The number of aliphatic hydroxyl groups is 1. The molecule has 2 amide bonds. The van der Waals surface area contributed by atoms with Crippen molar-refractivity contribution in [3.63, 3.8) is 0 Å². The Balaban J connectivity index is 1.74. The van der Waals surface area contributed by atoms with Gasteiger partial charge in [0.25, 0.3) is 0 Å². The molecule has 22 heavy (non-hydrogen) atoms. The van der Waals surface area contributed by atoms with Crippen LogP contribution >= 0.6 is 11.8 Å². The number of hydrogen-bond donors (Lipinski definition) is 3. The third-order valence-corrected chi connectivity index (χ3v) is 5.94. The highest BCUT2D eigenvalue weighted by atomic mass is 32.2. The van der Waals surface area contributed by atoms with Gasteiger partial charge >= 0.3 is 6.03 Å². The molecule has 128 valence electrons. The van der Waals surface area contributed by atoms with E-state index in [1.54, 1.807) is 0 Å². The predicted octanol–water partition coefficient (Wildman–Crippen LogP) is 1.13. The second kappa shape index (κ2) is 8.38. The molecular weight excluding hydrogens is 304 g/mol. The maximum Gasteiger partial charge on any atom is 0.314 e. The SMILES string of the molecule is C[C@]1(CNC(=O)NCC2(OCCO)CCOCC2)CCCS1. The van der Waals surface area contributed by atoms with E-state index in [1.165, 1.54) is 12.2 Å². The number of aliphatic hydroxyl groups excluding tert-OH is 1. The van der Waals surface area contributed by atoms with Gasteiger partial charge in [-0.1, -0.05) is 0 Å². The second-order valence-electron chi connectivity index (χ2n) is 6.31. The van der Waals surface area contributed by atoms with E-state index in [9.17, 15) is 4.79 Å². The molecule has 6 nitrogen and oxygen atoms in total. The third kappa shape index (κ3) is 5.30. The Labute approximate surface area is 136 Å². The number of amides is 2. The molecule has 0 aromatic heterocycles. The lowest BCUT2D eigenvalue weighted by molar-refractivity contribution is -0.114. The summed E-state index contributed by atoms with van der Waals surface area (Å²) < 4.78 is 11.3. The molecule has 2 saturated heterocycles. The summed E-state index contributed by atoms with van der Waals surface area (Å²) in [6, 6.07) is -0.146. The van der Waals surface area contributed by atoms with Crippen molar-refractivity contribution in [3.05, 3.63) is 0 Å². The highest BCUT2D eigenvalue weighted by Gasteiger charge is 2.34. The molecule has 2 heterocycles. The normalized spacial score (nSPS) is 27.5. The van der Waals surface area contributed by atoms with Crippen molar-refractivity contribution in [2.75, 3.05) is 45.3 Å². The van der Waals surface area contributed by atoms with Gasteiger partial charge in [-0.2, -0.15) is 11.8 Å². The van der Waals surface area contributed by atoms with Gasteiger partial charge in [0.1, 0.15) is 0 Å². The number of hydrogen-bond acceptors (Lipinski definition) is 5. The van der Waals surface area contributed by atoms with E-state index in [-0.39, 0.29) is 24.0 Å². The van der Waals surface area contributed by atoms with Gasteiger partial charge in [0.05, 0.1) is 18.8 Å². The first kappa shape index (κ1) is 17.8. The topological polar surface area (TPSA) is 79.8 Å². The summed E-state index contributed by atoms with van der Waals surface area (Å²) in [6.45, 7) is 4.88. The van der Waals surface area contributed by atoms with Gasteiger partial charge in [-0.25, -0.2) is 4.79 Å². The first-order chi connectivity index (χ1) is 10.6. The van der Waals surface area contributed by atoms with E-state index in [1.807, 2.05) is 11.8 Å². The van der Waals surface area contributed by atoms with Crippen LogP contribution in [0, 0.1) is 0 Å². The van der Waals surface area contributed by atoms with E-state index in [2.05, 4.69) is 17.6 Å². The van der Waals surface area contributed by atoms with Crippen LogP contribution in [0.2, 0.25) is 0 Å². The Morgan fingerprint density at radius 2 is 2.00 bits per heavy atom. The summed E-state index contributed by atoms with van der Waals surface area (Å²) >= 11 is 1.93. The van der Waals surface area contributed by atoms with Crippen LogP contribution in [0.3, 0.4) is 0 Å². The molecule has 0 aromatic rings. The minimum atomic E-state index is -0.412. The predicted molar refractivity (Wildman–Crippen MR) is 87.3 cm³/mol. The van der Waals surface area contributed by atoms with Crippen LogP contribution in [0.25, 0.3) is 0 Å². The Kier molecular flexibility index (Phi) is 6.80. The van der Waals surface area contributed by atoms with Gasteiger partial charge in [-0.3, -0.25) is 0 Å². The average molecular weight is 332 g/mol. The first-order valence-electron chi connectivity index (χ1n) is 8.06. The lowest BCUT2D eigenvalue weighted by Gasteiger charge is -2.37. The zero-order valence-electron chi connectivity index (χ0n) is 13.4. The lowest BCUT2D eigenvalue weighted by atomic mass is 9.94. The fourth-order valence-electron chi connectivity index (χ4n) is 2.93. The van der Waals surface area contributed by atoms with Crippen molar-refractivity contribution in [3.8, 4) is 0 Å². The molecule has 3 N–H and O–H groups in total. The molecule has 0 radical (unpaired) electrons. The summed E-state index contributed by atoms with van der Waals surface area (Å²) in [4.78, 5) is 12.0. The monoisotopic (exact) mass is 332 g/mol. The standard InChI is InChI=1S/C15H28N2O4S/c1-14(3-2-10-22-14)11-16-13(19)17-12-15(21-9-6-18)4-7-20-8-5-15/h18H,2-12H2,1H3,(H2,16,17,19)/t14-/m1/s1. The van der Waals surface area contributed by atoms with Crippen LogP contribution in [-0.4, -0.2) is 66.8 Å². The van der Waals surface area contributed by atoms with Crippen LogP contribution < -0.4 is 10.6 Å². The van der Waals surface area contributed by atoms with Crippen molar-refractivity contribution in [1.29, 1.82) is 0 Å². The number of ether oxygens (including phenoxy) is 2. The summed E-state index contributed by atoms with van der Waals surface area (Å²) in [5.74, 6) is 1.18. The molecule has 0 spiro atoms. The number of nitrogens with one attached hydrogen (secondary N) is 2. The van der Waals surface area contributed by atoms with Crippen molar-refractivity contribution >= 4 is 17.8 Å². The minimum absolute atomic E-state index is 0.00954. The van der Waals surface area contributed by atoms with E-state index in [0.717, 1.165) is 19.3 Å². The van der Waals surface area contributed by atoms with Gasteiger partial charge in [0.2, 0.25) is 0 Å². The fraction of sp³-hybridized carbons (Fsp3) is 0.933. The molecule has 2 aliphatic heterocycles. The van der Waals surface area contributed by atoms with Crippen molar-refractivity contribution in [2.24, 2.45) is 0 Å². The molecule has 0 saturated carbocycles. The van der Waals surface area contributed by atoms with Crippen LogP contribution in [0.5, 0.6) is 0 Å². The second-order valence-corrected chi connectivity index (χ2v) is 7.99. The van der Waals surface area contributed by atoms with Crippen LogP contribution in [0.1, 0.15) is 32.6 Å². The van der Waals surface area contributed by atoms with Crippen LogP contribution in [-0.2, 0) is 9.47 Å². The van der Waals surface area contributed by atoms with E-state index < -0.39 is 5.60 Å². The molecule has 2 aliphatic rings. The van der Waals surface area contributed by atoms with Crippen molar-refractivity contribution in [1.82, 2.24) is 10.6 Å². The van der Waals surface area contributed by atoms with Gasteiger partial charge in [-0.15, -0.1) is 0 Å². The summed E-state index contributed by atoms with van der Waals surface area (Å²) in [7, 11) is 0. The molecule has 7 heteroatoms. The van der Waals surface area contributed by atoms with Crippen LogP contribution in [0.4, 0.5) is 4.79 Å². The molecule has 1 atom stereocenters. The van der Waals surface area contributed by atoms with Crippen molar-refractivity contribution < 1.29 is 19.4 Å². The van der Waals surface area contributed by atoms with Crippen LogP contribution in [0.15, 0.2) is 0 Å². The number of carbonyl (C=O) groups excluding carboxylic acids is 1. The maximum absolute atomic E-state index is 12.0. The van der Waals surface area contributed by atoms with Gasteiger partial charge < -0.3 is 25.2 Å². The van der Waals surface area contributed by atoms with Gasteiger partial charge in [0.15, 0.2) is 0 Å². The smallest absolute Gasteiger partial charge is 0.314 e. The summed E-state index contributed by atoms with van der Waals surface area (Å²) in [5.41, 5.74) is -0.412. The van der Waals surface area contributed by atoms with E-state index in [4.69, 9.17) is 14.6 Å². The Bertz CT molecular complexity index is 355. The number of urea groups is 1. The highest BCUT2D eigenvalue weighted by molar-refractivity contribution is 8.00. The maximum atomic E-state index is 12.0. The molecule has 2 fully saturated rings. The fourth-order valence-corrected chi connectivity index (χ4v) is 4.17. The Hall–Kier alpha value is -0.500. The first-order valence-corrected chi connectivity index (χ1v) is 9.04. The Morgan fingerprint density at radius 3 is 2.64 bits per heavy atom. The highest BCUT2D eigenvalue weighted by Crippen LogP contribution is 2.36. The minimum Gasteiger partial charge on any atom is -0.394 e. The molecule has 2 rings (SSSR count). The quantitative estimate of drug-likeness (QED) is 0.651. The molecular formula is C15H28N2O4S. The molecule has 0 aromatic carbocycles. The van der Waals surface area contributed by atoms with Gasteiger partial charge in [0, 0.05) is 43.9 Å². The van der Waals surface area contributed by atoms with Gasteiger partial charge in [-0.05, 0) is 25.5 Å². The molecule has 0 bridgehead atoms. The van der Waals surface area contributed by atoms with E-state index in [0.29, 0.717) is 26.3 Å². The zero-order chi connectivity index (χ0) is 15.9. The number of carbonyl (C=O) groups is 1. The lowest BCUT2D eigenvalue weighted by Crippen LogP contribution is -2.52. The molecule has 0 unspecified atom stereocenters. The zero-order valence-corrected chi connectivity index (χ0v) is 14.2. The average Bonchev–Trinajstić information content (AvgIpc) is 2.97. The van der Waals surface area contributed by atoms with E-state index >= 15 is 0 Å². The number of rotatable bonds is 7. The van der Waals surface area contributed by atoms with Crippen molar-refractivity contribution in [2.45, 2.75) is 43.0 Å².